The molecule has 0 bridgehead atoms. The van der Waals surface area contributed by atoms with E-state index in [1.807, 2.05) is 11.6 Å². The molecule has 1 heterocycles. The molecule has 90 valence electrons. The van der Waals surface area contributed by atoms with Crippen LogP contribution in [0.2, 0.25) is 0 Å². The summed E-state index contributed by atoms with van der Waals surface area (Å²) in [5, 5.41) is 0. The van der Waals surface area contributed by atoms with Gasteiger partial charge in [0, 0.05) is 19.2 Å². The number of aromatic nitrogens is 1. The summed E-state index contributed by atoms with van der Waals surface area (Å²) in [7, 11) is 1.73. The molecule has 0 aliphatic rings. The highest BCUT2D eigenvalue weighted by Gasteiger charge is 2.20. The SMILES string of the molecule is CCN(CC)C(=S)S[s+]1cnc2ccccc21. The van der Waals surface area contributed by atoms with Crippen LogP contribution in [0.15, 0.2) is 29.8 Å². The van der Waals surface area contributed by atoms with Crippen LogP contribution in [0.4, 0.5) is 0 Å². The van der Waals surface area contributed by atoms with Crippen LogP contribution in [-0.4, -0.2) is 27.3 Å². The van der Waals surface area contributed by atoms with Gasteiger partial charge in [-0.1, -0.05) is 12.1 Å². The Hall–Kier alpha value is -0.650. The maximum Gasteiger partial charge on any atom is 0.244 e. The second-order valence-electron chi connectivity index (χ2n) is 3.52. The van der Waals surface area contributed by atoms with Crippen LogP contribution in [0.25, 0.3) is 10.2 Å². The van der Waals surface area contributed by atoms with Gasteiger partial charge in [0.05, 0.1) is 9.50 Å². The molecule has 0 fully saturated rings. The van der Waals surface area contributed by atoms with Gasteiger partial charge in [-0.15, -0.1) is 0 Å². The lowest BCUT2D eigenvalue weighted by atomic mass is 10.3. The molecule has 17 heavy (non-hydrogen) atoms. The summed E-state index contributed by atoms with van der Waals surface area (Å²) in [6.45, 7) is 6.21. The van der Waals surface area contributed by atoms with Gasteiger partial charge in [-0.25, -0.2) is 0 Å². The molecule has 2 nitrogen and oxygen atoms in total. The largest absolute Gasteiger partial charge is 0.354 e. The highest BCUT2D eigenvalue weighted by Crippen LogP contribution is 2.40. The van der Waals surface area contributed by atoms with Gasteiger partial charge in [-0.2, -0.15) is 4.98 Å². The van der Waals surface area contributed by atoms with Crippen molar-refractivity contribution in [3.05, 3.63) is 29.8 Å². The number of fused-ring (bicyclic) bond motifs is 1. The fourth-order valence-electron chi connectivity index (χ4n) is 1.57. The Bertz CT molecular complexity index is 517. The Morgan fingerprint density at radius 2 is 2.06 bits per heavy atom. The van der Waals surface area contributed by atoms with Crippen LogP contribution in [0.5, 0.6) is 0 Å². The third kappa shape index (κ3) is 2.78. The van der Waals surface area contributed by atoms with E-state index in [1.165, 1.54) is 4.70 Å². The van der Waals surface area contributed by atoms with Gasteiger partial charge in [-0.05, 0) is 32.1 Å². The van der Waals surface area contributed by atoms with E-state index in [9.17, 15) is 0 Å². The molecule has 1 aromatic carbocycles. The van der Waals surface area contributed by atoms with Crippen molar-refractivity contribution >= 4 is 47.1 Å². The predicted molar refractivity (Wildman–Crippen MR) is 82.7 cm³/mol. The van der Waals surface area contributed by atoms with Gasteiger partial charge >= 0.3 is 0 Å². The average Bonchev–Trinajstić information content (AvgIpc) is 2.74. The Kier molecular flexibility index (Phi) is 4.36. The first-order valence-electron chi connectivity index (χ1n) is 5.59. The van der Waals surface area contributed by atoms with E-state index < -0.39 is 0 Å². The molecular weight excluding hydrogens is 268 g/mol. The molecule has 5 heteroatoms. The highest BCUT2D eigenvalue weighted by molar-refractivity contribution is 8.57. The number of thiocarbonyl (C=S) groups is 1. The van der Waals surface area contributed by atoms with Gasteiger partial charge in [0.15, 0.2) is 15.1 Å². The van der Waals surface area contributed by atoms with E-state index in [0.717, 1.165) is 22.9 Å². The van der Waals surface area contributed by atoms with Gasteiger partial charge in [-0.3, -0.25) is 0 Å². The van der Waals surface area contributed by atoms with E-state index in [1.54, 1.807) is 10.8 Å². The summed E-state index contributed by atoms with van der Waals surface area (Å²) in [5.41, 5.74) is 3.11. The minimum Gasteiger partial charge on any atom is -0.354 e. The normalized spacial score (nSPS) is 11.8. The van der Waals surface area contributed by atoms with Crippen molar-refractivity contribution in [2.45, 2.75) is 13.8 Å². The number of benzene rings is 1. The fourth-order valence-corrected chi connectivity index (χ4v) is 5.73. The maximum atomic E-state index is 5.47. The molecule has 0 aliphatic carbocycles. The van der Waals surface area contributed by atoms with Crippen molar-refractivity contribution in [2.75, 3.05) is 13.1 Å². The minimum absolute atomic E-state index is 0.0140. The summed E-state index contributed by atoms with van der Waals surface area (Å²) >= 11 is 5.47. The number of rotatable bonds is 3. The summed E-state index contributed by atoms with van der Waals surface area (Å²) in [4.78, 5) is 6.64. The zero-order chi connectivity index (χ0) is 12.3. The first-order chi connectivity index (χ1) is 8.26. The molecule has 1 atom stereocenters. The molecule has 0 saturated heterocycles. The molecule has 0 aliphatic heterocycles. The van der Waals surface area contributed by atoms with Crippen LogP contribution >= 0.6 is 32.5 Å². The van der Waals surface area contributed by atoms with Crippen molar-refractivity contribution in [1.29, 1.82) is 0 Å². The third-order valence-corrected chi connectivity index (χ3v) is 6.84. The number of hydrogen-bond acceptors (Lipinski definition) is 3. The third-order valence-electron chi connectivity index (χ3n) is 2.55. The lowest BCUT2D eigenvalue weighted by Gasteiger charge is -2.17. The smallest absolute Gasteiger partial charge is 0.244 e. The van der Waals surface area contributed by atoms with Crippen molar-refractivity contribution < 1.29 is 0 Å². The van der Waals surface area contributed by atoms with Crippen LogP contribution in [0, 0.1) is 0 Å². The number of hydrogen-bond donors (Lipinski definition) is 0. The van der Waals surface area contributed by atoms with E-state index in [0.29, 0.717) is 0 Å². The summed E-state index contributed by atoms with van der Waals surface area (Å²) in [6.07, 6.45) is 0. The zero-order valence-electron chi connectivity index (χ0n) is 9.92. The molecule has 0 N–H and O–H groups in total. The predicted octanol–water partition coefficient (Wildman–Crippen LogP) is 4.11. The molecule has 2 rings (SSSR count). The number of para-hydroxylation sites is 1. The molecular formula is C12H15N2S3+. The zero-order valence-corrected chi connectivity index (χ0v) is 12.4. The molecule has 0 saturated carbocycles. The maximum absolute atomic E-state index is 5.47. The molecule has 0 radical (unpaired) electrons. The quantitative estimate of drug-likeness (QED) is 0.478. The fraction of sp³-hybridized carbons (Fsp3) is 0.333. The van der Waals surface area contributed by atoms with Crippen molar-refractivity contribution in [3.8, 4) is 0 Å². The van der Waals surface area contributed by atoms with Crippen LogP contribution in [-0.2, 0) is 0 Å². The van der Waals surface area contributed by atoms with Gasteiger partial charge in [0.1, 0.15) is 5.52 Å². The molecule has 0 amide bonds. The van der Waals surface area contributed by atoms with E-state index in [4.69, 9.17) is 12.2 Å². The van der Waals surface area contributed by atoms with E-state index >= 15 is 0 Å². The standard InChI is InChI=1S/C12H15N2S3/c1-3-14(4-2)12(15)16-17-9-13-10-7-5-6-8-11(10)17/h5-9H,3-4H2,1-2H3/q+1. The van der Waals surface area contributed by atoms with Crippen molar-refractivity contribution in [1.82, 2.24) is 9.88 Å². The van der Waals surface area contributed by atoms with Gasteiger partial charge in [0.25, 0.3) is 0 Å². The van der Waals surface area contributed by atoms with E-state index in [-0.39, 0.29) is 9.50 Å². The van der Waals surface area contributed by atoms with Gasteiger partial charge in [0.2, 0.25) is 10.2 Å². The summed E-state index contributed by atoms with van der Waals surface area (Å²) < 4.78 is 2.27. The second kappa shape index (κ2) is 5.80. The first-order valence-corrected chi connectivity index (χ1v) is 8.62. The number of nitrogens with zero attached hydrogens (tertiary/aromatic N) is 2. The minimum atomic E-state index is -0.0140. The summed E-state index contributed by atoms with van der Waals surface area (Å²) in [5.74, 6) is 0. The molecule has 2 aromatic rings. The van der Waals surface area contributed by atoms with Crippen LogP contribution in [0.1, 0.15) is 13.8 Å². The Morgan fingerprint density at radius 1 is 1.35 bits per heavy atom. The average molecular weight is 283 g/mol. The topological polar surface area (TPSA) is 16.1 Å². The lowest BCUT2D eigenvalue weighted by molar-refractivity contribution is 0.482. The van der Waals surface area contributed by atoms with Crippen LogP contribution < -0.4 is 0 Å². The Morgan fingerprint density at radius 3 is 2.76 bits per heavy atom. The van der Waals surface area contributed by atoms with Crippen LogP contribution in [0.3, 0.4) is 0 Å². The lowest BCUT2D eigenvalue weighted by Crippen LogP contribution is -2.26. The van der Waals surface area contributed by atoms with Gasteiger partial charge < -0.3 is 4.90 Å². The Labute approximate surface area is 113 Å². The molecule has 1 unspecified atom stereocenters. The van der Waals surface area contributed by atoms with Crippen molar-refractivity contribution in [2.24, 2.45) is 0 Å². The molecule has 1 aromatic heterocycles. The monoisotopic (exact) mass is 283 g/mol. The number of thiazole rings is 1. The first kappa shape index (κ1) is 12.8. The second-order valence-corrected chi connectivity index (χ2v) is 7.54. The molecule has 0 spiro atoms. The Balaban J connectivity index is 2.21. The van der Waals surface area contributed by atoms with Crippen molar-refractivity contribution in [3.63, 3.8) is 0 Å². The summed E-state index contributed by atoms with van der Waals surface area (Å²) in [6, 6.07) is 8.29. The van der Waals surface area contributed by atoms with E-state index in [2.05, 4.69) is 41.9 Å². The highest BCUT2D eigenvalue weighted by atomic mass is 33.1.